The molecule has 18 heavy (non-hydrogen) atoms. The summed E-state index contributed by atoms with van der Waals surface area (Å²) in [6.07, 6.45) is 0. The van der Waals surface area contributed by atoms with Gasteiger partial charge < -0.3 is 5.73 Å². The number of benzene rings is 1. The summed E-state index contributed by atoms with van der Waals surface area (Å²) in [7, 11) is 0. The number of nitrogens with two attached hydrogens (primary N) is 1. The van der Waals surface area contributed by atoms with Crippen LogP contribution in [0.2, 0.25) is 0 Å². The lowest BCUT2D eigenvalue weighted by molar-refractivity contribution is 0.907. The molecule has 1 atom stereocenters. The van der Waals surface area contributed by atoms with Crippen molar-refractivity contribution in [2.75, 3.05) is 0 Å². The lowest BCUT2D eigenvalue weighted by atomic mass is 10.1. The molecule has 1 unspecified atom stereocenters. The molecule has 0 aliphatic carbocycles. The highest BCUT2D eigenvalue weighted by molar-refractivity contribution is 9.10. The zero-order chi connectivity index (χ0) is 12.7. The van der Waals surface area contributed by atoms with E-state index in [0.717, 1.165) is 4.47 Å². The van der Waals surface area contributed by atoms with E-state index in [1.807, 2.05) is 0 Å². The van der Waals surface area contributed by atoms with Crippen LogP contribution in [-0.4, -0.2) is 0 Å². The van der Waals surface area contributed by atoms with Crippen LogP contribution in [0.3, 0.4) is 0 Å². The minimum atomic E-state index is -0.0313. The number of aryl methyl sites for hydroxylation is 1. The van der Waals surface area contributed by atoms with Crippen LogP contribution < -0.4 is 5.73 Å². The third-order valence-corrected chi connectivity index (χ3v) is 6.23. The van der Waals surface area contributed by atoms with E-state index in [0.29, 0.717) is 0 Å². The number of hydrogen-bond donors (Lipinski definition) is 1. The van der Waals surface area contributed by atoms with Gasteiger partial charge in [-0.05, 0) is 51.3 Å². The Hall–Kier alpha value is -0.680. The highest BCUT2D eigenvalue weighted by Crippen LogP contribution is 2.37. The zero-order valence-corrected chi connectivity index (χ0v) is 13.0. The van der Waals surface area contributed by atoms with E-state index in [2.05, 4.69) is 58.6 Å². The number of fused-ring (bicyclic) bond motifs is 1. The molecular formula is C14H12BrNS2. The van der Waals surface area contributed by atoms with Gasteiger partial charge in [-0.25, -0.2) is 0 Å². The van der Waals surface area contributed by atoms with Crippen LogP contribution in [0.4, 0.5) is 0 Å². The molecule has 2 N–H and O–H groups in total. The maximum Gasteiger partial charge on any atom is 0.0660 e. The molecule has 0 saturated heterocycles. The molecule has 0 aliphatic heterocycles. The van der Waals surface area contributed by atoms with E-state index in [-0.39, 0.29) is 6.04 Å². The average Bonchev–Trinajstić information content (AvgIpc) is 2.93. The Balaban J connectivity index is 2.09. The molecule has 92 valence electrons. The third-order valence-electron chi connectivity index (χ3n) is 3.03. The third kappa shape index (κ3) is 2.03. The number of thiophene rings is 2. The normalized spacial score (nSPS) is 13.1. The highest BCUT2D eigenvalue weighted by atomic mass is 79.9. The fourth-order valence-corrected chi connectivity index (χ4v) is 4.61. The summed E-state index contributed by atoms with van der Waals surface area (Å²) < 4.78 is 2.45. The van der Waals surface area contributed by atoms with Gasteiger partial charge in [0.25, 0.3) is 0 Å². The first-order valence-electron chi connectivity index (χ1n) is 5.64. The first-order valence-corrected chi connectivity index (χ1v) is 8.13. The van der Waals surface area contributed by atoms with E-state index < -0.39 is 0 Å². The molecule has 0 radical (unpaired) electrons. The monoisotopic (exact) mass is 337 g/mol. The molecule has 1 aromatic carbocycles. The van der Waals surface area contributed by atoms with Gasteiger partial charge in [0.2, 0.25) is 0 Å². The summed E-state index contributed by atoms with van der Waals surface area (Å²) >= 11 is 7.08. The second kappa shape index (κ2) is 4.78. The zero-order valence-electron chi connectivity index (χ0n) is 9.81. The fraction of sp³-hybridized carbons (Fsp3) is 0.143. The van der Waals surface area contributed by atoms with Gasteiger partial charge in [-0.15, -0.1) is 22.7 Å². The topological polar surface area (TPSA) is 26.0 Å². The number of halogens is 1. The Bertz CT molecular complexity index is 679. The molecule has 0 aliphatic rings. The first-order chi connectivity index (χ1) is 8.66. The first kappa shape index (κ1) is 12.4. The average molecular weight is 338 g/mol. The van der Waals surface area contributed by atoms with Crippen LogP contribution >= 0.6 is 38.6 Å². The molecule has 0 saturated carbocycles. The van der Waals surface area contributed by atoms with Gasteiger partial charge in [-0.2, -0.15) is 0 Å². The molecule has 0 bridgehead atoms. The largest absolute Gasteiger partial charge is 0.320 e. The molecule has 3 rings (SSSR count). The van der Waals surface area contributed by atoms with Crippen LogP contribution in [0, 0.1) is 6.92 Å². The van der Waals surface area contributed by atoms with Crippen molar-refractivity contribution in [1.29, 1.82) is 0 Å². The predicted molar refractivity (Wildman–Crippen MR) is 84.6 cm³/mol. The molecule has 1 nitrogen and oxygen atoms in total. The quantitative estimate of drug-likeness (QED) is 0.693. The Morgan fingerprint density at radius 1 is 1.28 bits per heavy atom. The second-order valence-corrected chi connectivity index (χ2v) is 7.27. The Kier molecular flexibility index (Phi) is 3.28. The Labute approximate surface area is 122 Å². The van der Waals surface area contributed by atoms with Crippen LogP contribution in [0.5, 0.6) is 0 Å². The SMILES string of the molecule is Cc1sc(C(N)c2csc3ccccc23)cc1Br. The summed E-state index contributed by atoms with van der Waals surface area (Å²) in [6, 6.07) is 10.5. The molecule has 2 aromatic heterocycles. The van der Waals surface area contributed by atoms with Gasteiger partial charge in [-0.3, -0.25) is 0 Å². The fourth-order valence-electron chi connectivity index (χ4n) is 2.03. The number of hydrogen-bond acceptors (Lipinski definition) is 3. The maximum absolute atomic E-state index is 6.41. The van der Waals surface area contributed by atoms with Gasteiger partial charge in [-0.1, -0.05) is 18.2 Å². The summed E-state index contributed by atoms with van der Waals surface area (Å²) in [6.45, 7) is 2.11. The van der Waals surface area contributed by atoms with Crippen molar-refractivity contribution < 1.29 is 0 Å². The van der Waals surface area contributed by atoms with Gasteiger partial charge in [0, 0.05) is 18.9 Å². The molecule has 0 amide bonds. The van der Waals surface area contributed by atoms with E-state index in [4.69, 9.17) is 5.73 Å². The summed E-state index contributed by atoms with van der Waals surface area (Å²) in [5, 5.41) is 3.45. The van der Waals surface area contributed by atoms with Crippen molar-refractivity contribution in [1.82, 2.24) is 0 Å². The molecule has 4 heteroatoms. The minimum Gasteiger partial charge on any atom is -0.320 e. The van der Waals surface area contributed by atoms with Gasteiger partial charge >= 0.3 is 0 Å². The summed E-state index contributed by atoms with van der Waals surface area (Å²) in [4.78, 5) is 2.49. The van der Waals surface area contributed by atoms with Gasteiger partial charge in [0.15, 0.2) is 0 Å². The van der Waals surface area contributed by atoms with Crippen molar-refractivity contribution in [3.63, 3.8) is 0 Å². The van der Waals surface area contributed by atoms with Crippen molar-refractivity contribution in [3.05, 3.63) is 55.5 Å². The van der Waals surface area contributed by atoms with E-state index in [1.165, 1.54) is 25.4 Å². The van der Waals surface area contributed by atoms with E-state index in [9.17, 15) is 0 Å². The molecule has 0 spiro atoms. The smallest absolute Gasteiger partial charge is 0.0660 e. The summed E-state index contributed by atoms with van der Waals surface area (Å²) in [5.41, 5.74) is 7.63. The Morgan fingerprint density at radius 2 is 2.06 bits per heavy atom. The van der Waals surface area contributed by atoms with Crippen LogP contribution in [0.15, 0.2) is 40.2 Å². The highest BCUT2D eigenvalue weighted by Gasteiger charge is 2.16. The van der Waals surface area contributed by atoms with Gasteiger partial charge in [0.1, 0.15) is 0 Å². The summed E-state index contributed by atoms with van der Waals surface area (Å²) in [5.74, 6) is 0. The predicted octanol–water partition coefficient (Wildman–Crippen LogP) is 5.08. The standard InChI is InChI=1S/C14H12BrNS2/c1-8-11(15)6-13(18-8)14(16)10-7-17-12-5-3-2-4-9(10)12/h2-7,14H,16H2,1H3. The van der Waals surface area contributed by atoms with Crippen molar-refractivity contribution in [2.24, 2.45) is 5.73 Å². The molecule has 0 fully saturated rings. The molecule has 2 heterocycles. The molecular weight excluding hydrogens is 326 g/mol. The van der Waals surface area contributed by atoms with Crippen molar-refractivity contribution in [3.8, 4) is 0 Å². The van der Waals surface area contributed by atoms with E-state index in [1.54, 1.807) is 22.7 Å². The van der Waals surface area contributed by atoms with Gasteiger partial charge in [0.05, 0.1) is 6.04 Å². The van der Waals surface area contributed by atoms with Crippen LogP contribution in [-0.2, 0) is 0 Å². The lowest BCUT2D eigenvalue weighted by Gasteiger charge is -2.08. The molecule has 3 aromatic rings. The Morgan fingerprint density at radius 3 is 2.78 bits per heavy atom. The number of rotatable bonds is 2. The van der Waals surface area contributed by atoms with Crippen molar-refractivity contribution in [2.45, 2.75) is 13.0 Å². The lowest BCUT2D eigenvalue weighted by Crippen LogP contribution is -2.09. The second-order valence-electron chi connectivity index (χ2n) is 4.22. The van der Waals surface area contributed by atoms with E-state index >= 15 is 0 Å². The maximum atomic E-state index is 6.41. The van der Waals surface area contributed by atoms with Crippen LogP contribution in [0.1, 0.15) is 21.4 Å². The minimum absolute atomic E-state index is 0.0313. The van der Waals surface area contributed by atoms with Crippen molar-refractivity contribution >= 4 is 48.7 Å². The van der Waals surface area contributed by atoms with Crippen LogP contribution in [0.25, 0.3) is 10.1 Å².